The average molecular weight is 241 g/mol. The highest BCUT2D eigenvalue weighted by Gasteiger charge is 2.04. The van der Waals surface area contributed by atoms with Gasteiger partial charge in [0, 0.05) is 0 Å². The van der Waals surface area contributed by atoms with Crippen LogP contribution in [0.15, 0.2) is 23.8 Å². The molecule has 1 aromatic carbocycles. The van der Waals surface area contributed by atoms with E-state index in [0.29, 0.717) is 10.6 Å². The standard InChI is InChI=1S/C10H5Cl2NO2/c11-8-3-1-2-6(9(8)12)4-7(5-13)10(14)15/h1-4H,(H,14,15)/p-1/b7-4+. The van der Waals surface area contributed by atoms with Gasteiger partial charge in [-0.25, -0.2) is 0 Å². The summed E-state index contributed by atoms with van der Waals surface area (Å²) in [5.41, 5.74) is -0.135. The van der Waals surface area contributed by atoms with Gasteiger partial charge in [-0.2, -0.15) is 5.26 Å². The summed E-state index contributed by atoms with van der Waals surface area (Å²) in [6.45, 7) is 0. The van der Waals surface area contributed by atoms with E-state index in [1.54, 1.807) is 18.2 Å². The lowest BCUT2D eigenvalue weighted by Gasteiger charge is -2.02. The summed E-state index contributed by atoms with van der Waals surface area (Å²) in [4.78, 5) is 10.5. The average Bonchev–Trinajstić information content (AvgIpc) is 2.19. The molecule has 0 N–H and O–H groups in total. The molecule has 0 aliphatic carbocycles. The van der Waals surface area contributed by atoms with Gasteiger partial charge in [-0.3, -0.25) is 0 Å². The molecule has 0 aromatic heterocycles. The molecule has 1 aromatic rings. The van der Waals surface area contributed by atoms with Gasteiger partial charge in [0.1, 0.15) is 6.07 Å². The Labute approximate surface area is 96.2 Å². The van der Waals surface area contributed by atoms with E-state index in [1.807, 2.05) is 0 Å². The Hall–Kier alpha value is -1.50. The number of nitriles is 1. The second-order valence-corrected chi connectivity index (χ2v) is 3.39. The molecule has 0 unspecified atom stereocenters. The van der Waals surface area contributed by atoms with Crippen LogP contribution in [-0.4, -0.2) is 5.97 Å². The van der Waals surface area contributed by atoms with Crippen LogP contribution in [0.25, 0.3) is 6.08 Å². The molecule has 0 radical (unpaired) electrons. The molecule has 0 aliphatic rings. The van der Waals surface area contributed by atoms with Crippen molar-refractivity contribution < 1.29 is 9.90 Å². The van der Waals surface area contributed by atoms with Crippen molar-refractivity contribution in [2.24, 2.45) is 0 Å². The van der Waals surface area contributed by atoms with Crippen molar-refractivity contribution in [1.82, 2.24) is 0 Å². The molecule has 0 heterocycles. The third-order valence-corrected chi connectivity index (χ3v) is 2.46. The van der Waals surface area contributed by atoms with Crippen LogP contribution in [0.2, 0.25) is 10.0 Å². The molecule has 0 spiro atoms. The maximum atomic E-state index is 10.5. The summed E-state index contributed by atoms with van der Waals surface area (Å²) in [5, 5.41) is 19.5. The third-order valence-electron chi connectivity index (χ3n) is 1.62. The lowest BCUT2D eigenvalue weighted by Crippen LogP contribution is -2.23. The fraction of sp³-hybridized carbons (Fsp3) is 0. The quantitative estimate of drug-likeness (QED) is 0.584. The third kappa shape index (κ3) is 2.72. The number of benzene rings is 1. The van der Waals surface area contributed by atoms with Gasteiger partial charge >= 0.3 is 0 Å². The van der Waals surface area contributed by atoms with E-state index in [-0.39, 0.29) is 5.02 Å². The Bertz CT molecular complexity index is 475. The highest BCUT2D eigenvalue weighted by atomic mass is 35.5. The zero-order valence-electron chi connectivity index (χ0n) is 7.33. The predicted octanol–water partition coefficient (Wildman–Crippen LogP) is 1.65. The fourth-order valence-electron chi connectivity index (χ4n) is 0.924. The van der Waals surface area contributed by atoms with E-state index in [1.165, 1.54) is 6.07 Å². The summed E-state index contributed by atoms with van der Waals surface area (Å²) in [6, 6.07) is 6.21. The number of nitrogens with zero attached hydrogens (tertiary/aromatic N) is 1. The zero-order chi connectivity index (χ0) is 11.4. The van der Waals surface area contributed by atoms with E-state index in [2.05, 4.69) is 0 Å². The predicted molar refractivity (Wildman–Crippen MR) is 55.1 cm³/mol. The van der Waals surface area contributed by atoms with Crippen molar-refractivity contribution >= 4 is 35.2 Å². The van der Waals surface area contributed by atoms with Crippen molar-refractivity contribution in [3.05, 3.63) is 39.4 Å². The molecule has 76 valence electrons. The Morgan fingerprint density at radius 3 is 2.67 bits per heavy atom. The number of rotatable bonds is 2. The molecule has 5 heteroatoms. The van der Waals surface area contributed by atoms with Crippen LogP contribution in [-0.2, 0) is 4.79 Å². The monoisotopic (exact) mass is 240 g/mol. The van der Waals surface area contributed by atoms with Crippen LogP contribution in [0, 0.1) is 11.3 Å². The van der Waals surface area contributed by atoms with E-state index in [0.717, 1.165) is 6.08 Å². The number of carboxylic acids is 1. The Balaban J connectivity index is 3.25. The van der Waals surface area contributed by atoms with E-state index >= 15 is 0 Å². The van der Waals surface area contributed by atoms with Gasteiger partial charge in [0.05, 0.1) is 21.6 Å². The number of carbonyl (C=O) groups is 1. The van der Waals surface area contributed by atoms with Crippen LogP contribution in [0.3, 0.4) is 0 Å². The maximum absolute atomic E-state index is 10.5. The molecule has 15 heavy (non-hydrogen) atoms. The topological polar surface area (TPSA) is 63.9 Å². The van der Waals surface area contributed by atoms with Crippen LogP contribution in [0.4, 0.5) is 0 Å². The first kappa shape index (κ1) is 11.6. The van der Waals surface area contributed by atoms with E-state index in [9.17, 15) is 9.90 Å². The summed E-state index contributed by atoms with van der Waals surface area (Å²) >= 11 is 11.5. The molecule has 0 aliphatic heterocycles. The first-order valence-electron chi connectivity index (χ1n) is 3.83. The molecule has 1 rings (SSSR count). The minimum absolute atomic E-state index is 0.202. The number of halogens is 2. The fourth-order valence-corrected chi connectivity index (χ4v) is 1.29. The molecule has 0 atom stereocenters. The molecule has 0 amide bonds. The summed E-state index contributed by atoms with van der Waals surface area (Å²) < 4.78 is 0. The number of hydrogen-bond acceptors (Lipinski definition) is 3. The Kier molecular flexibility index (Phi) is 3.73. The maximum Gasteiger partial charge on any atom is 0.101 e. The second-order valence-electron chi connectivity index (χ2n) is 2.60. The molecular weight excluding hydrogens is 237 g/mol. The van der Waals surface area contributed by atoms with E-state index < -0.39 is 11.5 Å². The van der Waals surface area contributed by atoms with Crippen molar-refractivity contribution in [2.45, 2.75) is 0 Å². The number of carbonyl (C=O) groups excluding carboxylic acids is 1. The van der Waals surface area contributed by atoms with Crippen LogP contribution in [0.5, 0.6) is 0 Å². The van der Waals surface area contributed by atoms with Crippen molar-refractivity contribution in [2.75, 3.05) is 0 Å². The minimum atomic E-state index is -1.55. The normalized spacial score (nSPS) is 10.9. The first-order chi connectivity index (χ1) is 7.06. The van der Waals surface area contributed by atoms with Gasteiger partial charge in [0.2, 0.25) is 0 Å². The lowest BCUT2D eigenvalue weighted by atomic mass is 10.1. The first-order valence-corrected chi connectivity index (χ1v) is 4.59. The van der Waals surface area contributed by atoms with Gasteiger partial charge in [-0.1, -0.05) is 35.3 Å². The Morgan fingerprint density at radius 1 is 1.47 bits per heavy atom. The van der Waals surface area contributed by atoms with E-state index in [4.69, 9.17) is 28.5 Å². The van der Waals surface area contributed by atoms with Crippen LogP contribution < -0.4 is 5.11 Å². The van der Waals surface area contributed by atoms with Crippen molar-refractivity contribution in [3.8, 4) is 6.07 Å². The van der Waals surface area contributed by atoms with Gasteiger partial charge < -0.3 is 9.90 Å². The molecule has 0 saturated heterocycles. The SMILES string of the molecule is N#C/C(=C\c1cccc(Cl)c1Cl)C(=O)[O-]. The van der Waals surface area contributed by atoms with Gasteiger partial charge in [-0.05, 0) is 17.7 Å². The zero-order valence-corrected chi connectivity index (χ0v) is 8.84. The Morgan fingerprint density at radius 2 is 2.13 bits per heavy atom. The number of hydrogen-bond donors (Lipinski definition) is 0. The number of carboxylic acid groups (broad SMARTS) is 1. The summed E-state index contributed by atoms with van der Waals surface area (Å²) in [6.07, 6.45) is 1.11. The molecule has 0 fully saturated rings. The largest absolute Gasteiger partial charge is 0.544 e. The molecular formula is C10H4Cl2NO2-. The summed E-state index contributed by atoms with van der Waals surface area (Å²) in [5.74, 6) is -1.55. The minimum Gasteiger partial charge on any atom is -0.544 e. The molecule has 0 bridgehead atoms. The van der Waals surface area contributed by atoms with Crippen molar-refractivity contribution in [3.63, 3.8) is 0 Å². The lowest BCUT2D eigenvalue weighted by molar-refractivity contribution is -0.298. The molecule has 3 nitrogen and oxygen atoms in total. The van der Waals surface area contributed by atoms with Crippen LogP contribution in [0.1, 0.15) is 5.56 Å². The van der Waals surface area contributed by atoms with Gasteiger partial charge in [0.15, 0.2) is 0 Å². The summed E-state index contributed by atoms with van der Waals surface area (Å²) in [7, 11) is 0. The number of aliphatic carboxylic acids is 1. The van der Waals surface area contributed by atoms with Crippen molar-refractivity contribution in [1.29, 1.82) is 5.26 Å². The highest BCUT2D eigenvalue weighted by molar-refractivity contribution is 6.42. The van der Waals surface area contributed by atoms with Crippen LogP contribution >= 0.6 is 23.2 Å². The highest BCUT2D eigenvalue weighted by Crippen LogP contribution is 2.26. The van der Waals surface area contributed by atoms with Gasteiger partial charge in [-0.15, -0.1) is 0 Å². The van der Waals surface area contributed by atoms with Gasteiger partial charge in [0.25, 0.3) is 0 Å². The second kappa shape index (κ2) is 4.83. The smallest absolute Gasteiger partial charge is 0.101 e. The molecule has 0 saturated carbocycles.